The van der Waals surface area contributed by atoms with Crippen molar-refractivity contribution in [1.29, 1.82) is 0 Å². The SMILES string of the molecule is CN(C)S(=O)(=O)CCNc1ccn2nccc2n1. The van der Waals surface area contributed by atoms with Crippen molar-refractivity contribution in [2.24, 2.45) is 0 Å². The summed E-state index contributed by atoms with van der Waals surface area (Å²) in [5.74, 6) is 0.670. The molecule has 0 bridgehead atoms. The number of nitrogens with one attached hydrogen (secondary N) is 1. The third-order valence-corrected chi connectivity index (χ3v) is 4.31. The van der Waals surface area contributed by atoms with Gasteiger partial charge in [-0.1, -0.05) is 0 Å². The number of hydrogen-bond acceptors (Lipinski definition) is 5. The van der Waals surface area contributed by atoms with Crippen LogP contribution in [0.15, 0.2) is 24.5 Å². The maximum absolute atomic E-state index is 11.5. The third-order valence-electron chi connectivity index (χ3n) is 2.48. The van der Waals surface area contributed by atoms with E-state index in [2.05, 4.69) is 15.4 Å². The van der Waals surface area contributed by atoms with E-state index in [9.17, 15) is 8.42 Å². The Hall–Kier alpha value is -1.67. The Labute approximate surface area is 105 Å². The molecule has 0 unspecified atom stereocenters. The van der Waals surface area contributed by atoms with Crippen LogP contribution in [-0.4, -0.2) is 53.7 Å². The summed E-state index contributed by atoms with van der Waals surface area (Å²) >= 11 is 0. The van der Waals surface area contributed by atoms with Gasteiger partial charge in [-0.05, 0) is 6.07 Å². The average Bonchev–Trinajstić information content (AvgIpc) is 2.75. The Morgan fingerprint density at radius 2 is 2.17 bits per heavy atom. The Bertz CT molecular complexity index is 635. The molecule has 2 aromatic rings. The van der Waals surface area contributed by atoms with Crippen molar-refractivity contribution >= 4 is 21.5 Å². The largest absolute Gasteiger partial charge is 0.369 e. The van der Waals surface area contributed by atoms with E-state index >= 15 is 0 Å². The predicted molar refractivity (Wildman–Crippen MR) is 69.0 cm³/mol. The first-order valence-electron chi connectivity index (χ1n) is 5.43. The lowest BCUT2D eigenvalue weighted by Gasteiger charge is -2.11. The quantitative estimate of drug-likeness (QED) is 0.828. The van der Waals surface area contributed by atoms with E-state index in [1.54, 1.807) is 29.0 Å². The van der Waals surface area contributed by atoms with Gasteiger partial charge < -0.3 is 5.32 Å². The standard InChI is InChI=1S/C10H15N5O2S/c1-14(2)18(16,17)8-6-11-9-4-7-15-10(13-9)3-5-12-15/h3-5,7H,6,8H2,1-2H3,(H,11,13). The van der Waals surface area contributed by atoms with Crippen LogP contribution in [0.3, 0.4) is 0 Å². The predicted octanol–water partition coefficient (Wildman–Crippen LogP) is 0.0326. The van der Waals surface area contributed by atoms with Crippen molar-refractivity contribution in [3.63, 3.8) is 0 Å². The van der Waals surface area contributed by atoms with Gasteiger partial charge in [-0.3, -0.25) is 0 Å². The molecule has 0 aliphatic carbocycles. The second-order valence-electron chi connectivity index (χ2n) is 3.97. The van der Waals surface area contributed by atoms with Crippen molar-refractivity contribution in [1.82, 2.24) is 18.9 Å². The molecule has 0 saturated heterocycles. The van der Waals surface area contributed by atoms with Gasteiger partial charge >= 0.3 is 0 Å². The van der Waals surface area contributed by atoms with Gasteiger partial charge in [0.2, 0.25) is 10.0 Å². The monoisotopic (exact) mass is 269 g/mol. The number of rotatable bonds is 5. The first-order chi connectivity index (χ1) is 8.49. The van der Waals surface area contributed by atoms with Crippen LogP contribution >= 0.6 is 0 Å². The highest BCUT2D eigenvalue weighted by Crippen LogP contribution is 2.05. The molecule has 8 heteroatoms. The highest BCUT2D eigenvalue weighted by molar-refractivity contribution is 7.89. The molecule has 18 heavy (non-hydrogen) atoms. The summed E-state index contributed by atoms with van der Waals surface area (Å²) in [6.07, 6.45) is 3.42. The van der Waals surface area contributed by atoms with Crippen molar-refractivity contribution in [2.75, 3.05) is 31.7 Å². The van der Waals surface area contributed by atoms with Crippen molar-refractivity contribution < 1.29 is 8.42 Å². The molecule has 0 fully saturated rings. The molecule has 2 aromatic heterocycles. The highest BCUT2D eigenvalue weighted by atomic mass is 32.2. The zero-order valence-corrected chi connectivity index (χ0v) is 11.1. The molecular weight excluding hydrogens is 254 g/mol. The lowest BCUT2D eigenvalue weighted by atomic mass is 10.5. The number of fused-ring (bicyclic) bond motifs is 1. The van der Waals surface area contributed by atoms with Crippen LogP contribution in [0, 0.1) is 0 Å². The fraction of sp³-hybridized carbons (Fsp3) is 0.400. The Morgan fingerprint density at radius 3 is 2.89 bits per heavy atom. The maximum Gasteiger partial charge on any atom is 0.215 e. The second-order valence-corrected chi connectivity index (χ2v) is 6.27. The van der Waals surface area contributed by atoms with Gasteiger partial charge in [-0.15, -0.1) is 0 Å². The molecule has 0 aliphatic rings. The van der Waals surface area contributed by atoms with E-state index in [0.29, 0.717) is 12.4 Å². The Morgan fingerprint density at radius 1 is 1.39 bits per heavy atom. The fourth-order valence-corrected chi connectivity index (χ4v) is 2.13. The van der Waals surface area contributed by atoms with Gasteiger partial charge in [0.05, 0.1) is 11.9 Å². The van der Waals surface area contributed by atoms with Gasteiger partial charge in [-0.25, -0.2) is 22.2 Å². The average molecular weight is 269 g/mol. The molecule has 7 nitrogen and oxygen atoms in total. The number of aromatic nitrogens is 3. The van der Waals surface area contributed by atoms with E-state index in [1.165, 1.54) is 18.4 Å². The number of anilines is 1. The van der Waals surface area contributed by atoms with Crippen LogP contribution in [0.1, 0.15) is 0 Å². The lowest BCUT2D eigenvalue weighted by molar-refractivity contribution is 0.521. The van der Waals surface area contributed by atoms with Gasteiger partial charge in [0.1, 0.15) is 5.82 Å². The molecule has 0 aromatic carbocycles. The molecular formula is C10H15N5O2S. The minimum absolute atomic E-state index is 0.0339. The summed E-state index contributed by atoms with van der Waals surface area (Å²) in [4.78, 5) is 4.28. The smallest absolute Gasteiger partial charge is 0.215 e. The van der Waals surface area contributed by atoms with Gasteiger partial charge in [0.15, 0.2) is 5.65 Å². The first-order valence-corrected chi connectivity index (χ1v) is 7.04. The molecule has 2 rings (SSSR count). The van der Waals surface area contributed by atoms with E-state index in [1.807, 2.05) is 0 Å². The summed E-state index contributed by atoms with van der Waals surface area (Å²) in [6, 6.07) is 3.53. The molecule has 98 valence electrons. The van der Waals surface area contributed by atoms with Crippen LogP contribution in [-0.2, 0) is 10.0 Å². The first kappa shape index (κ1) is 12.8. The van der Waals surface area contributed by atoms with Crippen molar-refractivity contribution in [2.45, 2.75) is 0 Å². The van der Waals surface area contributed by atoms with Gasteiger partial charge in [-0.2, -0.15) is 5.10 Å². The normalized spacial score (nSPS) is 12.2. The zero-order chi connectivity index (χ0) is 13.2. The Balaban J connectivity index is 1.98. The summed E-state index contributed by atoms with van der Waals surface area (Å²) in [7, 11) is -0.135. The fourth-order valence-electron chi connectivity index (χ4n) is 1.40. The molecule has 0 atom stereocenters. The minimum Gasteiger partial charge on any atom is -0.369 e. The third kappa shape index (κ3) is 2.77. The van der Waals surface area contributed by atoms with E-state index in [0.717, 1.165) is 5.65 Å². The molecule has 2 heterocycles. The van der Waals surface area contributed by atoms with E-state index in [4.69, 9.17) is 0 Å². The summed E-state index contributed by atoms with van der Waals surface area (Å²) in [5, 5.41) is 7.01. The topological polar surface area (TPSA) is 79.6 Å². The molecule has 1 N–H and O–H groups in total. The van der Waals surface area contributed by atoms with Crippen LogP contribution < -0.4 is 5.32 Å². The van der Waals surface area contributed by atoms with Crippen molar-refractivity contribution in [3.8, 4) is 0 Å². The van der Waals surface area contributed by atoms with Crippen LogP contribution in [0.2, 0.25) is 0 Å². The van der Waals surface area contributed by atoms with Crippen molar-refractivity contribution in [3.05, 3.63) is 24.5 Å². The Kier molecular flexibility index (Phi) is 3.48. The molecule has 0 radical (unpaired) electrons. The summed E-state index contributed by atoms with van der Waals surface area (Å²) in [6.45, 7) is 0.317. The highest BCUT2D eigenvalue weighted by Gasteiger charge is 2.12. The molecule has 0 amide bonds. The zero-order valence-electron chi connectivity index (χ0n) is 10.2. The molecule has 0 aliphatic heterocycles. The number of hydrogen-bond donors (Lipinski definition) is 1. The summed E-state index contributed by atoms with van der Waals surface area (Å²) < 4.78 is 25.9. The van der Waals surface area contributed by atoms with Gasteiger partial charge in [0.25, 0.3) is 0 Å². The second kappa shape index (κ2) is 4.91. The lowest BCUT2D eigenvalue weighted by Crippen LogP contribution is -2.28. The maximum atomic E-state index is 11.5. The van der Waals surface area contributed by atoms with Crippen LogP contribution in [0.5, 0.6) is 0 Å². The number of sulfonamides is 1. The minimum atomic E-state index is -3.17. The molecule has 0 saturated carbocycles. The van der Waals surface area contributed by atoms with E-state index < -0.39 is 10.0 Å². The molecule has 0 spiro atoms. The number of nitrogens with zero attached hydrogens (tertiary/aromatic N) is 4. The van der Waals surface area contributed by atoms with Gasteiger partial charge in [0, 0.05) is 32.9 Å². The van der Waals surface area contributed by atoms with Crippen LogP contribution in [0.4, 0.5) is 5.82 Å². The van der Waals surface area contributed by atoms with E-state index in [-0.39, 0.29) is 5.75 Å². The summed E-state index contributed by atoms with van der Waals surface area (Å²) in [5.41, 5.74) is 0.718. The van der Waals surface area contributed by atoms with Crippen LogP contribution in [0.25, 0.3) is 5.65 Å².